The van der Waals surface area contributed by atoms with E-state index in [1.54, 1.807) is 0 Å². The number of nitrogens with one attached hydrogen (secondary N) is 2. The van der Waals surface area contributed by atoms with Gasteiger partial charge in [0.1, 0.15) is 12.1 Å². The SMILES string of the molecule is CCC1(CC)NC(=O)N(CC(=O)Nc2c(C(C)C)cccc2C(C)C)C1=O. The van der Waals surface area contributed by atoms with Crippen molar-refractivity contribution in [2.45, 2.75) is 71.8 Å². The van der Waals surface area contributed by atoms with Crippen LogP contribution in [0.4, 0.5) is 10.5 Å². The number of rotatable bonds is 7. The molecule has 6 nitrogen and oxygen atoms in total. The number of carbonyl (C=O) groups is 3. The van der Waals surface area contributed by atoms with Crippen LogP contribution >= 0.6 is 0 Å². The van der Waals surface area contributed by atoms with Crippen LogP contribution in [0.3, 0.4) is 0 Å². The third-order valence-electron chi connectivity index (χ3n) is 5.39. The summed E-state index contributed by atoms with van der Waals surface area (Å²) >= 11 is 0. The van der Waals surface area contributed by atoms with Gasteiger partial charge in [-0.2, -0.15) is 0 Å². The highest BCUT2D eigenvalue weighted by Crippen LogP contribution is 2.32. The molecule has 1 aromatic carbocycles. The van der Waals surface area contributed by atoms with Gasteiger partial charge in [-0.25, -0.2) is 4.79 Å². The summed E-state index contributed by atoms with van der Waals surface area (Å²) in [5.41, 5.74) is 1.99. The molecular formula is C21H31N3O3. The molecule has 0 spiro atoms. The Morgan fingerprint density at radius 3 is 2.00 bits per heavy atom. The average Bonchev–Trinajstić information content (AvgIpc) is 2.86. The fraction of sp³-hybridized carbons (Fsp3) is 0.571. The Morgan fingerprint density at radius 1 is 1.07 bits per heavy atom. The number of nitrogens with zero attached hydrogens (tertiary/aromatic N) is 1. The molecule has 4 amide bonds. The van der Waals surface area contributed by atoms with Gasteiger partial charge >= 0.3 is 6.03 Å². The zero-order valence-electron chi connectivity index (χ0n) is 17.2. The first kappa shape index (κ1) is 20.9. The first-order valence-electron chi connectivity index (χ1n) is 9.73. The molecule has 1 aliphatic heterocycles. The average molecular weight is 373 g/mol. The molecule has 1 aromatic rings. The Kier molecular flexibility index (Phi) is 6.29. The molecule has 1 aliphatic rings. The van der Waals surface area contributed by atoms with Crippen molar-refractivity contribution in [1.29, 1.82) is 0 Å². The topological polar surface area (TPSA) is 78.5 Å². The lowest BCUT2D eigenvalue weighted by Crippen LogP contribution is -2.46. The molecule has 0 saturated carbocycles. The molecule has 27 heavy (non-hydrogen) atoms. The fourth-order valence-electron chi connectivity index (χ4n) is 3.57. The minimum atomic E-state index is -0.893. The van der Waals surface area contributed by atoms with E-state index >= 15 is 0 Å². The van der Waals surface area contributed by atoms with Crippen LogP contribution in [0.2, 0.25) is 0 Å². The predicted molar refractivity (Wildman–Crippen MR) is 107 cm³/mol. The quantitative estimate of drug-likeness (QED) is 0.710. The molecular weight excluding hydrogens is 342 g/mol. The van der Waals surface area contributed by atoms with Gasteiger partial charge in [0.15, 0.2) is 0 Å². The van der Waals surface area contributed by atoms with Gasteiger partial charge in [0, 0.05) is 5.69 Å². The smallest absolute Gasteiger partial charge is 0.324 e. The number of imide groups is 1. The van der Waals surface area contributed by atoms with Gasteiger partial charge in [0.05, 0.1) is 0 Å². The van der Waals surface area contributed by atoms with E-state index in [1.165, 1.54) is 0 Å². The van der Waals surface area contributed by atoms with Crippen molar-refractivity contribution in [3.8, 4) is 0 Å². The normalized spacial score (nSPS) is 16.2. The minimum absolute atomic E-state index is 0.239. The van der Waals surface area contributed by atoms with Crippen LogP contribution in [-0.2, 0) is 9.59 Å². The number of hydrogen-bond acceptors (Lipinski definition) is 3. The van der Waals surface area contributed by atoms with Crippen molar-refractivity contribution in [2.75, 3.05) is 11.9 Å². The summed E-state index contributed by atoms with van der Waals surface area (Å²) in [5.74, 6) is -0.211. The van der Waals surface area contributed by atoms with E-state index in [0.717, 1.165) is 21.7 Å². The minimum Gasteiger partial charge on any atom is -0.324 e. The molecule has 6 heteroatoms. The zero-order chi connectivity index (χ0) is 20.4. The second kappa shape index (κ2) is 8.11. The van der Waals surface area contributed by atoms with Crippen LogP contribution < -0.4 is 10.6 Å². The van der Waals surface area contributed by atoms with E-state index in [9.17, 15) is 14.4 Å². The van der Waals surface area contributed by atoms with Gasteiger partial charge in [-0.1, -0.05) is 59.7 Å². The maximum atomic E-state index is 12.7. The highest BCUT2D eigenvalue weighted by Gasteiger charge is 2.49. The number of urea groups is 1. The highest BCUT2D eigenvalue weighted by molar-refractivity contribution is 6.10. The Bertz CT molecular complexity index is 710. The van der Waals surface area contributed by atoms with Crippen molar-refractivity contribution in [3.63, 3.8) is 0 Å². The Morgan fingerprint density at radius 2 is 1.59 bits per heavy atom. The summed E-state index contributed by atoms with van der Waals surface area (Å²) < 4.78 is 0. The third kappa shape index (κ3) is 3.99. The monoisotopic (exact) mass is 373 g/mol. The molecule has 0 aliphatic carbocycles. The number of benzene rings is 1. The summed E-state index contributed by atoms with van der Waals surface area (Å²) in [5, 5.41) is 5.71. The highest BCUT2D eigenvalue weighted by atomic mass is 16.2. The largest absolute Gasteiger partial charge is 0.325 e. The maximum Gasteiger partial charge on any atom is 0.325 e. The van der Waals surface area contributed by atoms with E-state index in [-0.39, 0.29) is 30.2 Å². The van der Waals surface area contributed by atoms with Crippen molar-refractivity contribution in [2.24, 2.45) is 0 Å². The van der Waals surface area contributed by atoms with Crippen LogP contribution in [0.25, 0.3) is 0 Å². The van der Waals surface area contributed by atoms with Crippen molar-refractivity contribution in [1.82, 2.24) is 10.2 Å². The van der Waals surface area contributed by atoms with E-state index in [0.29, 0.717) is 12.8 Å². The molecule has 1 heterocycles. The van der Waals surface area contributed by atoms with Gasteiger partial charge in [0.2, 0.25) is 5.91 Å². The summed E-state index contributed by atoms with van der Waals surface area (Å²) in [7, 11) is 0. The van der Waals surface area contributed by atoms with Crippen LogP contribution in [0.15, 0.2) is 18.2 Å². The second-order valence-electron chi connectivity index (χ2n) is 7.78. The summed E-state index contributed by atoms with van der Waals surface area (Å²) in [4.78, 5) is 38.7. The number of carbonyl (C=O) groups excluding carboxylic acids is 3. The number of anilines is 1. The van der Waals surface area contributed by atoms with Gasteiger partial charge in [-0.05, 0) is 35.8 Å². The molecule has 0 bridgehead atoms. The molecule has 0 aromatic heterocycles. The van der Waals surface area contributed by atoms with Crippen LogP contribution in [-0.4, -0.2) is 34.8 Å². The first-order valence-corrected chi connectivity index (χ1v) is 9.73. The summed E-state index contributed by atoms with van der Waals surface area (Å²) in [6.45, 7) is 11.7. The lowest BCUT2D eigenvalue weighted by Gasteiger charge is -2.23. The van der Waals surface area contributed by atoms with Gasteiger partial charge in [0.25, 0.3) is 5.91 Å². The van der Waals surface area contributed by atoms with E-state index in [1.807, 2.05) is 32.0 Å². The lowest BCUT2D eigenvalue weighted by atomic mass is 9.92. The molecule has 1 fully saturated rings. The first-order chi connectivity index (χ1) is 12.7. The number of para-hydroxylation sites is 1. The summed E-state index contributed by atoms with van der Waals surface area (Å²) in [6.07, 6.45) is 1.000. The Labute approximate surface area is 161 Å². The van der Waals surface area contributed by atoms with Gasteiger partial charge < -0.3 is 10.6 Å². The Hall–Kier alpha value is -2.37. The van der Waals surface area contributed by atoms with Crippen LogP contribution in [0, 0.1) is 0 Å². The molecule has 2 N–H and O–H groups in total. The van der Waals surface area contributed by atoms with E-state index in [2.05, 4.69) is 38.3 Å². The van der Waals surface area contributed by atoms with Crippen molar-refractivity contribution < 1.29 is 14.4 Å². The van der Waals surface area contributed by atoms with Gasteiger partial charge in [-0.3, -0.25) is 14.5 Å². The van der Waals surface area contributed by atoms with E-state index in [4.69, 9.17) is 0 Å². The maximum absolute atomic E-state index is 12.7. The third-order valence-corrected chi connectivity index (χ3v) is 5.39. The number of amides is 4. The predicted octanol–water partition coefficient (Wildman–Crippen LogP) is 3.98. The van der Waals surface area contributed by atoms with Crippen molar-refractivity contribution >= 4 is 23.5 Å². The van der Waals surface area contributed by atoms with Crippen LogP contribution in [0.1, 0.15) is 77.3 Å². The molecule has 0 atom stereocenters. The Balaban J connectivity index is 2.24. The summed E-state index contributed by atoms with van der Waals surface area (Å²) in [6, 6.07) is 5.49. The van der Waals surface area contributed by atoms with Gasteiger partial charge in [-0.15, -0.1) is 0 Å². The van der Waals surface area contributed by atoms with Crippen LogP contribution in [0.5, 0.6) is 0 Å². The lowest BCUT2D eigenvalue weighted by molar-refractivity contribution is -0.134. The van der Waals surface area contributed by atoms with Crippen molar-refractivity contribution in [3.05, 3.63) is 29.3 Å². The second-order valence-corrected chi connectivity index (χ2v) is 7.78. The standard InChI is InChI=1S/C21H31N3O3/c1-7-21(8-2)19(26)24(20(27)23-21)12-17(25)22-18-15(13(3)4)10-9-11-16(18)14(5)6/h9-11,13-14H,7-8,12H2,1-6H3,(H,22,25)(H,23,27). The molecule has 2 rings (SSSR count). The number of hydrogen-bond donors (Lipinski definition) is 2. The molecule has 148 valence electrons. The zero-order valence-corrected chi connectivity index (χ0v) is 17.2. The van der Waals surface area contributed by atoms with E-state index < -0.39 is 11.6 Å². The molecule has 0 radical (unpaired) electrons. The fourth-order valence-corrected chi connectivity index (χ4v) is 3.57. The molecule has 0 unspecified atom stereocenters. The molecule has 1 saturated heterocycles.